The van der Waals surface area contributed by atoms with Crippen molar-refractivity contribution < 1.29 is 4.74 Å². The average Bonchev–Trinajstić information content (AvgIpc) is 2.49. The largest absolute Gasteiger partial charge is 0.380 e. The van der Waals surface area contributed by atoms with Gasteiger partial charge in [0.05, 0.1) is 22.7 Å². The molecule has 0 aliphatic heterocycles. The molecule has 1 rings (SSSR count). The zero-order valence-electron chi connectivity index (χ0n) is 11.1. The molecule has 16 heavy (non-hydrogen) atoms. The SMILES string of the molecule is COC(C)(C)CC(C)Nc1c(C)n[nH]c1C. The van der Waals surface area contributed by atoms with Gasteiger partial charge in [0.15, 0.2) is 0 Å². The molecule has 0 spiro atoms. The summed E-state index contributed by atoms with van der Waals surface area (Å²) in [5.74, 6) is 0. The second kappa shape index (κ2) is 4.87. The molecule has 0 fully saturated rings. The molecule has 0 amide bonds. The van der Waals surface area contributed by atoms with Crippen LogP contribution in [-0.4, -0.2) is 29.0 Å². The van der Waals surface area contributed by atoms with Gasteiger partial charge in [0, 0.05) is 13.2 Å². The van der Waals surface area contributed by atoms with Crippen LogP contribution in [-0.2, 0) is 4.74 Å². The Morgan fingerprint density at radius 2 is 2.06 bits per heavy atom. The summed E-state index contributed by atoms with van der Waals surface area (Å²) < 4.78 is 5.42. The first-order chi connectivity index (χ1) is 7.35. The minimum atomic E-state index is -0.0992. The molecule has 4 nitrogen and oxygen atoms in total. The van der Waals surface area contributed by atoms with Crippen molar-refractivity contribution >= 4 is 5.69 Å². The van der Waals surface area contributed by atoms with Crippen molar-refractivity contribution in [3.8, 4) is 0 Å². The van der Waals surface area contributed by atoms with Gasteiger partial charge >= 0.3 is 0 Å². The third-order valence-corrected chi connectivity index (χ3v) is 2.87. The number of hydrogen-bond donors (Lipinski definition) is 2. The van der Waals surface area contributed by atoms with Crippen LogP contribution >= 0.6 is 0 Å². The first kappa shape index (κ1) is 13.0. The van der Waals surface area contributed by atoms with Crippen LogP contribution in [0, 0.1) is 13.8 Å². The van der Waals surface area contributed by atoms with Gasteiger partial charge in [-0.05, 0) is 41.0 Å². The Morgan fingerprint density at radius 3 is 2.50 bits per heavy atom. The summed E-state index contributed by atoms with van der Waals surface area (Å²) in [6.07, 6.45) is 0.952. The van der Waals surface area contributed by atoms with Gasteiger partial charge in [0.2, 0.25) is 0 Å². The zero-order valence-corrected chi connectivity index (χ0v) is 11.1. The van der Waals surface area contributed by atoms with E-state index in [2.05, 4.69) is 36.3 Å². The van der Waals surface area contributed by atoms with Crippen molar-refractivity contribution in [3.05, 3.63) is 11.4 Å². The molecule has 1 aromatic heterocycles. The highest BCUT2D eigenvalue weighted by Crippen LogP contribution is 2.21. The molecule has 0 saturated heterocycles. The number of rotatable bonds is 5. The lowest BCUT2D eigenvalue weighted by atomic mass is 9.99. The van der Waals surface area contributed by atoms with Crippen molar-refractivity contribution in [2.75, 3.05) is 12.4 Å². The molecule has 0 saturated carbocycles. The molecule has 0 aliphatic carbocycles. The Kier molecular flexibility index (Phi) is 3.97. The van der Waals surface area contributed by atoms with Gasteiger partial charge < -0.3 is 10.1 Å². The predicted molar refractivity (Wildman–Crippen MR) is 66.9 cm³/mol. The molecule has 2 N–H and O–H groups in total. The number of aromatic nitrogens is 2. The number of aryl methyl sites for hydroxylation is 2. The highest BCUT2D eigenvalue weighted by molar-refractivity contribution is 5.51. The summed E-state index contributed by atoms with van der Waals surface area (Å²) in [5.41, 5.74) is 3.11. The summed E-state index contributed by atoms with van der Waals surface area (Å²) in [6.45, 7) is 10.4. The Bertz CT molecular complexity index is 325. The number of ether oxygens (including phenoxy) is 1. The fourth-order valence-corrected chi connectivity index (χ4v) is 1.88. The fourth-order valence-electron chi connectivity index (χ4n) is 1.88. The first-order valence-corrected chi connectivity index (χ1v) is 5.69. The molecule has 92 valence electrons. The number of aromatic amines is 1. The maximum absolute atomic E-state index is 5.42. The van der Waals surface area contributed by atoms with E-state index in [0.717, 1.165) is 23.5 Å². The molecular formula is C12H23N3O. The van der Waals surface area contributed by atoms with Crippen LogP contribution in [0.15, 0.2) is 0 Å². The molecule has 0 aromatic carbocycles. The smallest absolute Gasteiger partial charge is 0.0825 e. The maximum atomic E-state index is 5.42. The highest BCUT2D eigenvalue weighted by Gasteiger charge is 2.21. The molecule has 1 atom stereocenters. The normalized spacial score (nSPS) is 13.9. The summed E-state index contributed by atoms with van der Waals surface area (Å²) >= 11 is 0. The second-order valence-electron chi connectivity index (χ2n) is 5.02. The Labute approximate surface area is 97.8 Å². The Morgan fingerprint density at radius 1 is 1.44 bits per heavy atom. The quantitative estimate of drug-likeness (QED) is 0.810. The van der Waals surface area contributed by atoms with Gasteiger partial charge in [0.25, 0.3) is 0 Å². The Balaban J connectivity index is 2.62. The van der Waals surface area contributed by atoms with Crippen molar-refractivity contribution in [2.45, 2.75) is 52.7 Å². The van der Waals surface area contributed by atoms with Crippen molar-refractivity contribution in [2.24, 2.45) is 0 Å². The van der Waals surface area contributed by atoms with E-state index in [4.69, 9.17) is 4.74 Å². The molecular weight excluding hydrogens is 202 g/mol. The molecule has 1 heterocycles. The summed E-state index contributed by atoms with van der Waals surface area (Å²) in [7, 11) is 1.75. The number of methoxy groups -OCH3 is 1. The molecule has 4 heteroatoms. The molecule has 0 radical (unpaired) electrons. The second-order valence-corrected chi connectivity index (χ2v) is 5.02. The fraction of sp³-hybridized carbons (Fsp3) is 0.750. The van der Waals surface area contributed by atoms with Crippen molar-refractivity contribution in [3.63, 3.8) is 0 Å². The van der Waals surface area contributed by atoms with Gasteiger partial charge in [-0.3, -0.25) is 5.10 Å². The monoisotopic (exact) mass is 225 g/mol. The summed E-state index contributed by atoms with van der Waals surface area (Å²) in [6, 6.07) is 0.352. The maximum Gasteiger partial charge on any atom is 0.0825 e. The van der Waals surface area contributed by atoms with E-state index in [1.807, 2.05) is 13.8 Å². The van der Waals surface area contributed by atoms with E-state index < -0.39 is 0 Å². The zero-order chi connectivity index (χ0) is 12.3. The average molecular weight is 225 g/mol. The van der Waals surface area contributed by atoms with Gasteiger partial charge in [0.1, 0.15) is 0 Å². The number of H-pyrrole nitrogens is 1. The third kappa shape index (κ3) is 3.23. The molecule has 0 bridgehead atoms. The topological polar surface area (TPSA) is 49.9 Å². The van der Waals surface area contributed by atoms with Gasteiger partial charge in [-0.1, -0.05) is 0 Å². The van der Waals surface area contributed by atoms with Crippen molar-refractivity contribution in [1.82, 2.24) is 10.2 Å². The van der Waals surface area contributed by atoms with Crippen LogP contribution in [0.1, 0.15) is 38.6 Å². The van der Waals surface area contributed by atoms with E-state index in [1.54, 1.807) is 7.11 Å². The number of anilines is 1. The minimum Gasteiger partial charge on any atom is -0.380 e. The lowest BCUT2D eigenvalue weighted by Crippen LogP contribution is -2.31. The lowest BCUT2D eigenvalue weighted by molar-refractivity contribution is 0.0128. The number of hydrogen-bond acceptors (Lipinski definition) is 3. The molecule has 1 aromatic rings. The van der Waals surface area contributed by atoms with E-state index >= 15 is 0 Å². The molecule has 0 aliphatic rings. The summed E-state index contributed by atoms with van der Waals surface area (Å²) in [4.78, 5) is 0. The van der Waals surface area contributed by atoms with E-state index in [0.29, 0.717) is 6.04 Å². The van der Waals surface area contributed by atoms with Crippen LogP contribution in [0.4, 0.5) is 5.69 Å². The van der Waals surface area contributed by atoms with Gasteiger partial charge in [-0.2, -0.15) is 5.10 Å². The van der Waals surface area contributed by atoms with E-state index in [9.17, 15) is 0 Å². The highest BCUT2D eigenvalue weighted by atomic mass is 16.5. The number of nitrogens with zero attached hydrogens (tertiary/aromatic N) is 1. The van der Waals surface area contributed by atoms with Crippen molar-refractivity contribution in [1.29, 1.82) is 0 Å². The van der Waals surface area contributed by atoms with Crippen LogP contribution in [0.3, 0.4) is 0 Å². The van der Waals surface area contributed by atoms with Crippen LogP contribution in [0.25, 0.3) is 0 Å². The Hall–Kier alpha value is -1.03. The van der Waals surface area contributed by atoms with Crippen LogP contribution in [0.2, 0.25) is 0 Å². The standard InChI is InChI=1S/C12H23N3O/c1-8(7-12(4,5)16-6)13-11-9(2)14-15-10(11)3/h8,13H,7H2,1-6H3,(H,14,15). The molecule has 1 unspecified atom stereocenters. The predicted octanol–water partition coefficient (Wildman–Crippen LogP) is 2.64. The minimum absolute atomic E-state index is 0.0992. The van der Waals surface area contributed by atoms with Gasteiger partial charge in [-0.15, -0.1) is 0 Å². The van der Waals surface area contributed by atoms with Crippen LogP contribution in [0.5, 0.6) is 0 Å². The third-order valence-electron chi connectivity index (χ3n) is 2.87. The lowest BCUT2D eigenvalue weighted by Gasteiger charge is -2.27. The van der Waals surface area contributed by atoms with E-state index in [-0.39, 0.29) is 5.60 Å². The van der Waals surface area contributed by atoms with Crippen LogP contribution < -0.4 is 5.32 Å². The summed E-state index contributed by atoms with van der Waals surface area (Å²) in [5, 5.41) is 10.6. The van der Waals surface area contributed by atoms with Gasteiger partial charge in [-0.25, -0.2) is 0 Å². The first-order valence-electron chi connectivity index (χ1n) is 5.69. The van der Waals surface area contributed by atoms with E-state index in [1.165, 1.54) is 0 Å². The number of nitrogens with one attached hydrogen (secondary N) is 2.